The van der Waals surface area contributed by atoms with Crippen molar-refractivity contribution >= 4 is 25.5 Å². The van der Waals surface area contributed by atoms with Gasteiger partial charge in [-0.3, -0.25) is 14.2 Å². The molecule has 0 aromatic carbocycles. The molecule has 0 bridgehead atoms. The molecule has 0 saturated heterocycles. The van der Waals surface area contributed by atoms with E-state index >= 15 is 0 Å². The van der Waals surface area contributed by atoms with E-state index in [0.29, 0.717) is 32.6 Å². The topological polar surface area (TPSA) is 146 Å². The Balaban J connectivity index is 4.55. The van der Waals surface area contributed by atoms with Crippen molar-refractivity contribution in [2.75, 3.05) is 25.9 Å². The van der Waals surface area contributed by atoms with Crippen LogP contribution >= 0.6 is 7.60 Å². The Bertz CT molecular complexity index is 568. The third kappa shape index (κ3) is 14.1. The van der Waals surface area contributed by atoms with E-state index in [2.05, 4.69) is 10.6 Å². The van der Waals surface area contributed by atoms with Crippen LogP contribution in [0.2, 0.25) is 0 Å². The van der Waals surface area contributed by atoms with Crippen LogP contribution in [0, 0.1) is 0 Å². The fraction of sp³-hybridized carbons (Fsp3) is 0.833. The van der Waals surface area contributed by atoms with Gasteiger partial charge in [-0.2, -0.15) is 0 Å². The molecule has 0 rings (SSSR count). The van der Waals surface area contributed by atoms with Crippen molar-refractivity contribution in [3.63, 3.8) is 0 Å². The molecule has 4 N–H and O–H groups in total. The van der Waals surface area contributed by atoms with Crippen LogP contribution in [0.25, 0.3) is 0 Å². The molecule has 0 unspecified atom stereocenters. The Morgan fingerprint density at radius 1 is 1.07 bits per heavy atom. The minimum absolute atomic E-state index is 0.0558. The van der Waals surface area contributed by atoms with Gasteiger partial charge in [0.2, 0.25) is 11.8 Å². The first-order valence-electron chi connectivity index (χ1n) is 9.86. The average molecular weight is 437 g/mol. The summed E-state index contributed by atoms with van der Waals surface area (Å²) in [5.74, 6) is -1.02. The van der Waals surface area contributed by atoms with Gasteiger partial charge in [0.1, 0.15) is 11.6 Å². The van der Waals surface area contributed by atoms with E-state index < -0.39 is 37.1 Å². The van der Waals surface area contributed by atoms with Gasteiger partial charge in [0.05, 0.1) is 19.4 Å². The van der Waals surface area contributed by atoms with Gasteiger partial charge in [-0.25, -0.2) is 4.79 Å². The lowest BCUT2D eigenvalue weighted by atomic mass is 10.1. The molecule has 0 heterocycles. The zero-order valence-electron chi connectivity index (χ0n) is 18.1. The van der Waals surface area contributed by atoms with Crippen molar-refractivity contribution in [3.8, 4) is 0 Å². The summed E-state index contributed by atoms with van der Waals surface area (Å²) in [4.78, 5) is 35.4. The second kappa shape index (κ2) is 13.6. The van der Waals surface area contributed by atoms with E-state index in [1.807, 2.05) is 0 Å². The fourth-order valence-electron chi connectivity index (χ4n) is 2.33. The van der Waals surface area contributed by atoms with Gasteiger partial charge in [0.25, 0.3) is 0 Å². The highest BCUT2D eigenvalue weighted by Gasteiger charge is 2.25. The molecule has 0 aliphatic heterocycles. The molecule has 10 nitrogen and oxygen atoms in total. The molecule has 0 aromatic rings. The number of primary amides is 1. The molecular formula is C18H36N3O7P. The zero-order valence-corrected chi connectivity index (χ0v) is 19.0. The first-order chi connectivity index (χ1) is 13.4. The molecule has 0 radical (unpaired) electrons. The van der Waals surface area contributed by atoms with Crippen molar-refractivity contribution in [2.45, 2.75) is 71.9 Å². The maximum absolute atomic E-state index is 12.4. The molecule has 0 aliphatic rings. The molecule has 11 heteroatoms. The molecule has 0 aromatic heterocycles. The smallest absolute Gasteiger partial charge is 0.408 e. The van der Waals surface area contributed by atoms with Gasteiger partial charge < -0.3 is 30.2 Å². The van der Waals surface area contributed by atoms with Gasteiger partial charge in [0, 0.05) is 13.0 Å². The summed E-state index contributed by atoms with van der Waals surface area (Å²) in [6, 6.07) is -0.949. The number of nitrogens with one attached hydrogen (secondary N) is 2. The summed E-state index contributed by atoms with van der Waals surface area (Å²) in [6.45, 7) is 9.50. The molecule has 0 fully saturated rings. The number of hydrogen-bond acceptors (Lipinski definition) is 7. The normalized spacial score (nSPS) is 12.9. The van der Waals surface area contributed by atoms with Gasteiger partial charge in [-0.05, 0) is 53.9 Å². The monoisotopic (exact) mass is 437 g/mol. The molecule has 170 valence electrons. The van der Waals surface area contributed by atoms with E-state index in [0.717, 1.165) is 0 Å². The van der Waals surface area contributed by atoms with Crippen LogP contribution < -0.4 is 16.4 Å². The molecule has 0 aliphatic carbocycles. The number of unbranched alkanes of at least 4 members (excludes halogenated alkanes) is 1. The van der Waals surface area contributed by atoms with Gasteiger partial charge >= 0.3 is 13.7 Å². The van der Waals surface area contributed by atoms with Gasteiger partial charge in [-0.15, -0.1) is 0 Å². The first-order valence-corrected chi connectivity index (χ1v) is 11.6. The highest BCUT2D eigenvalue weighted by molar-refractivity contribution is 7.53. The van der Waals surface area contributed by atoms with Crippen LogP contribution in [0.1, 0.15) is 60.3 Å². The van der Waals surface area contributed by atoms with Crippen molar-refractivity contribution in [1.82, 2.24) is 10.6 Å². The van der Waals surface area contributed by atoms with Crippen LogP contribution in [-0.4, -0.2) is 55.5 Å². The maximum atomic E-state index is 12.4. The molecule has 0 spiro atoms. The average Bonchev–Trinajstić information content (AvgIpc) is 2.56. The van der Waals surface area contributed by atoms with Gasteiger partial charge in [0.15, 0.2) is 0 Å². The zero-order chi connectivity index (χ0) is 22.5. The summed E-state index contributed by atoms with van der Waals surface area (Å²) in [6.07, 6.45) is 0.584. The van der Waals surface area contributed by atoms with Crippen LogP contribution in [0.3, 0.4) is 0 Å². The Hall–Kier alpha value is -1.64. The maximum Gasteiger partial charge on any atom is 0.408 e. The SMILES string of the molecule is CCOP(=O)(CCCCNC(=O)[C@H](CCC(N)=O)NC(=O)OC(C)(C)C)OCC. The van der Waals surface area contributed by atoms with Crippen LogP contribution in [0.5, 0.6) is 0 Å². The summed E-state index contributed by atoms with van der Waals surface area (Å²) in [5.41, 5.74) is 4.42. The van der Waals surface area contributed by atoms with Gasteiger partial charge in [-0.1, -0.05) is 0 Å². The molecule has 29 heavy (non-hydrogen) atoms. The number of hydrogen-bond donors (Lipinski definition) is 3. The highest BCUT2D eigenvalue weighted by Crippen LogP contribution is 2.48. The summed E-state index contributed by atoms with van der Waals surface area (Å²) < 4.78 is 27.9. The van der Waals surface area contributed by atoms with Crippen molar-refractivity contribution < 1.29 is 32.7 Å². The number of ether oxygens (including phenoxy) is 1. The molecular weight excluding hydrogens is 401 g/mol. The van der Waals surface area contributed by atoms with E-state index in [-0.39, 0.29) is 19.0 Å². The number of amides is 3. The second-order valence-corrected chi connectivity index (χ2v) is 9.56. The molecule has 1 atom stereocenters. The largest absolute Gasteiger partial charge is 0.444 e. The Morgan fingerprint density at radius 3 is 2.14 bits per heavy atom. The van der Waals surface area contributed by atoms with Crippen molar-refractivity contribution in [3.05, 3.63) is 0 Å². The Morgan fingerprint density at radius 2 is 1.66 bits per heavy atom. The molecule has 0 saturated carbocycles. The van der Waals surface area contributed by atoms with Crippen LogP contribution in [0.15, 0.2) is 0 Å². The first kappa shape index (κ1) is 27.4. The third-order valence-electron chi connectivity index (χ3n) is 3.50. The minimum Gasteiger partial charge on any atom is -0.444 e. The van der Waals surface area contributed by atoms with Crippen molar-refractivity contribution in [2.24, 2.45) is 5.73 Å². The number of carbonyl (C=O) groups excluding carboxylic acids is 3. The predicted molar refractivity (Wildman–Crippen MR) is 110 cm³/mol. The minimum atomic E-state index is -3.10. The summed E-state index contributed by atoms with van der Waals surface area (Å²) in [7, 11) is -3.10. The fourth-order valence-corrected chi connectivity index (χ4v) is 4.06. The lowest BCUT2D eigenvalue weighted by molar-refractivity contribution is -0.123. The van der Waals surface area contributed by atoms with E-state index in [1.54, 1.807) is 34.6 Å². The summed E-state index contributed by atoms with van der Waals surface area (Å²) >= 11 is 0. The van der Waals surface area contributed by atoms with Crippen LogP contribution in [-0.2, 0) is 27.9 Å². The lowest BCUT2D eigenvalue weighted by Crippen LogP contribution is -2.48. The quantitative estimate of drug-likeness (QED) is 0.279. The second-order valence-electron chi connectivity index (χ2n) is 7.37. The predicted octanol–water partition coefficient (Wildman–Crippen LogP) is 2.31. The Kier molecular flexibility index (Phi) is 12.8. The lowest BCUT2D eigenvalue weighted by Gasteiger charge is -2.23. The van der Waals surface area contributed by atoms with Crippen LogP contribution in [0.4, 0.5) is 4.79 Å². The number of carbonyl (C=O) groups is 3. The van der Waals surface area contributed by atoms with E-state index in [4.69, 9.17) is 19.5 Å². The number of rotatable bonds is 14. The number of nitrogens with two attached hydrogens (primary N) is 1. The Labute approximate surface area is 173 Å². The standard InChI is InChI=1S/C18H36N3O7P/c1-6-26-29(25,27-7-2)13-9-8-12-20-16(23)14(10-11-15(19)22)21-17(24)28-18(3,4)5/h14H,6-13H2,1-5H3,(H2,19,22)(H,20,23)(H,21,24)/t14-/m0/s1. The highest BCUT2D eigenvalue weighted by atomic mass is 31.2. The van der Waals surface area contributed by atoms with E-state index in [1.165, 1.54) is 0 Å². The van der Waals surface area contributed by atoms with Crippen molar-refractivity contribution in [1.29, 1.82) is 0 Å². The summed E-state index contributed by atoms with van der Waals surface area (Å²) in [5, 5.41) is 5.15. The van der Waals surface area contributed by atoms with E-state index in [9.17, 15) is 18.9 Å². The third-order valence-corrected chi connectivity index (χ3v) is 5.66. The molecule has 3 amide bonds. The number of alkyl carbamates (subject to hydrolysis) is 1.